The number of nitrogens with two attached hydrogens (primary N) is 1. The number of rotatable bonds is 6. The highest BCUT2D eigenvalue weighted by Gasteiger charge is 2.61. The van der Waals surface area contributed by atoms with Crippen LogP contribution in [0.5, 0.6) is 5.75 Å². The van der Waals surface area contributed by atoms with Crippen LogP contribution in [0, 0.1) is 10.1 Å². The van der Waals surface area contributed by atoms with Crippen molar-refractivity contribution in [2.75, 3.05) is 12.4 Å². The molecule has 0 saturated carbocycles. The van der Waals surface area contributed by atoms with E-state index >= 15 is 0 Å². The average Bonchev–Trinajstić information content (AvgIpc) is 2.65. The van der Waals surface area contributed by atoms with E-state index in [0.717, 1.165) is 29.2 Å². The number of hydrogen-bond acceptors (Lipinski definition) is 10. The highest BCUT2D eigenvalue weighted by molar-refractivity contribution is 8.00. The lowest BCUT2D eigenvalue weighted by atomic mass is 9.91. The molecule has 0 aliphatic carbocycles. The highest BCUT2D eigenvalue weighted by atomic mass is 32.2. The summed E-state index contributed by atoms with van der Waals surface area (Å²) in [4.78, 5) is 34.8. The molecule has 1 aromatic rings. The Bertz CT molecular complexity index is 1020. The van der Waals surface area contributed by atoms with Crippen molar-refractivity contribution in [3.63, 3.8) is 0 Å². The number of benzene rings is 1. The number of nitro groups is 1. The normalized spacial score (nSPS) is 23.9. The Balaban J connectivity index is 1.97. The molecule has 1 aromatic carbocycles. The molecule has 13 heteroatoms. The van der Waals surface area contributed by atoms with Gasteiger partial charge in [-0.3, -0.25) is 24.6 Å². The first kappa shape index (κ1) is 21.1. The number of amides is 1. The maximum atomic E-state index is 13.0. The molecular weight excluding hydrogens is 426 g/mol. The minimum absolute atomic E-state index is 0.159. The van der Waals surface area contributed by atoms with Crippen LogP contribution in [0.1, 0.15) is 13.8 Å². The molecule has 0 unspecified atom stereocenters. The first-order chi connectivity index (χ1) is 13.4. The summed E-state index contributed by atoms with van der Waals surface area (Å²) in [6, 6.07) is 4.43. The van der Waals surface area contributed by atoms with E-state index in [1.807, 2.05) is 0 Å². The SMILES string of the molecule is CC(=O)OCC1=C(S(=O)(=O)Oc2ccc([N+](=O)[O-])cc2)N2C(=O)[C@@](C)(N)[C@H]2SC1. The van der Waals surface area contributed by atoms with Crippen LogP contribution in [0.15, 0.2) is 34.9 Å². The van der Waals surface area contributed by atoms with Gasteiger partial charge < -0.3 is 14.7 Å². The molecule has 0 spiro atoms. The molecule has 2 atom stereocenters. The molecular formula is C16H17N3O8S2. The Morgan fingerprint density at radius 3 is 2.59 bits per heavy atom. The lowest BCUT2D eigenvalue weighted by Gasteiger charge is -2.54. The average molecular weight is 443 g/mol. The molecule has 0 aromatic heterocycles. The minimum Gasteiger partial charge on any atom is -0.461 e. The third kappa shape index (κ3) is 3.80. The van der Waals surface area contributed by atoms with Crippen molar-refractivity contribution < 1.29 is 31.9 Å². The van der Waals surface area contributed by atoms with Crippen molar-refractivity contribution in [1.29, 1.82) is 0 Å². The number of nitro benzene ring substituents is 1. The van der Waals surface area contributed by atoms with Gasteiger partial charge in [0, 0.05) is 30.4 Å². The largest absolute Gasteiger partial charge is 0.461 e. The van der Waals surface area contributed by atoms with Crippen molar-refractivity contribution in [3.8, 4) is 5.75 Å². The van der Waals surface area contributed by atoms with Gasteiger partial charge in [-0.1, -0.05) is 0 Å². The Hall–Kier alpha value is -2.64. The van der Waals surface area contributed by atoms with Crippen LogP contribution < -0.4 is 9.92 Å². The van der Waals surface area contributed by atoms with Crippen LogP contribution in [-0.4, -0.2) is 53.4 Å². The fraction of sp³-hybridized carbons (Fsp3) is 0.375. The Morgan fingerprint density at radius 2 is 2.03 bits per heavy atom. The lowest BCUT2D eigenvalue weighted by Crippen LogP contribution is -2.76. The number of ether oxygens (including phenoxy) is 1. The first-order valence-corrected chi connectivity index (χ1v) is 10.7. The van der Waals surface area contributed by atoms with Gasteiger partial charge in [0.2, 0.25) is 0 Å². The van der Waals surface area contributed by atoms with Gasteiger partial charge in [-0.25, -0.2) is 0 Å². The first-order valence-electron chi connectivity index (χ1n) is 8.23. The maximum absolute atomic E-state index is 13.0. The zero-order valence-electron chi connectivity index (χ0n) is 15.4. The fourth-order valence-corrected chi connectivity index (χ4v) is 5.80. The van der Waals surface area contributed by atoms with Crippen LogP contribution in [-0.2, 0) is 24.4 Å². The molecule has 2 aliphatic rings. The zero-order valence-corrected chi connectivity index (χ0v) is 17.0. The van der Waals surface area contributed by atoms with Crippen LogP contribution in [0.3, 0.4) is 0 Å². The van der Waals surface area contributed by atoms with Crippen molar-refractivity contribution >= 4 is 39.4 Å². The molecule has 3 rings (SSSR count). The topological polar surface area (TPSA) is 159 Å². The Kier molecular flexibility index (Phi) is 5.32. The number of β-lactam (4-membered cyclic amide) rings is 1. The third-order valence-electron chi connectivity index (χ3n) is 4.30. The predicted octanol–water partition coefficient (Wildman–Crippen LogP) is 0.711. The summed E-state index contributed by atoms with van der Waals surface area (Å²) >= 11 is 1.25. The van der Waals surface area contributed by atoms with Crippen LogP contribution in [0.2, 0.25) is 0 Å². The quantitative estimate of drug-likeness (QED) is 0.218. The van der Waals surface area contributed by atoms with Gasteiger partial charge >= 0.3 is 16.1 Å². The number of carbonyl (C=O) groups is 2. The number of esters is 1. The third-order valence-corrected chi connectivity index (χ3v) is 7.21. The van der Waals surface area contributed by atoms with Crippen LogP contribution in [0.25, 0.3) is 0 Å². The number of nitrogens with zero attached hydrogens (tertiary/aromatic N) is 2. The standard InChI is InChI=1S/C16H17N3O8S2/c1-9(20)26-7-10-8-28-15-16(2,17)14(21)18(15)13(10)29(24,25)27-12-5-3-11(4-6-12)19(22)23/h3-6,15H,7-8,17H2,1-2H3/t15-,16-/m1/s1. The van der Waals surface area contributed by atoms with Gasteiger partial charge in [-0.05, 0) is 19.1 Å². The van der Waals surface area contributed by atoms with Gasteiger partial charge in [-0.2, -0.15) is 8.42 Å². The summed E-state index contributed by atoms with van der Waals surface area (Å²) in [6.45, 7) is 2.34. The van der Waals surface area contributed by atoms with Gasteiger partial charge in [0.1, 0.15) is 23.3 Å². The number of thioether (sulfide) groups is 1. The summed E-state index contributed by atoms with van der Waals surface area (Å²) in [7, 11) is -4.53. The molecule has 2 aliphatic heterocycles. The van der Waals surface area contributed by atoms with Gasteiger partial charge in [0.15, 0.2) is 5.03 Å². The summed E-state index contributed by atoms with van der Waals surface area (Å²) in [5, 5.41) is 9.69. The smallest absolute Gasteiger partial charge is 0.355 e. The molecule has 156 valence electrons. The highest BCUT2D eigenvalue weighted by Crippen LogP contribution is 2.46. The molecule has 2 N–H and O–H groups in total. The Labute approximate surface area is 170 Å². The van der Waals surface area contributed by atoms with Gasteiger partial charge in [-0.15, -0.1) is 11.8 Å². The van der Waals surface area contributed by atoms with E-state index in [1.165, 1.54) is 25.6 Å². The van der Waals surface area contributed by atoms with Gasteiger partial charge in [0.25, 0.3) is 11.6 Å². The van der Waals surface area contributed by atoms with Crippen molar-refractivity contribution in [2.24, 2.45) is 5.73 Å². The van der Waals surface area contributed by atoms with E-state index in [9.17, 15) is 28.1 Å². The summed E-state index contributed by atoms with van der Waals surface area (Å²) in [6.07, 6.45) is 0. The molecule has 1 fully saturated rings. The second kappa shape index (κ2) is 7.31. The number of hydrogen-bond donors (Lipinski definition) is 1. The lowest BCUT2D eigenvalue weighted by molar-refractivity contribution is -0.384. The van der Waals surface area contributed by atoms with E-state index < -0.39 is 42.9 Å². The number of non-ortho nitro benzene ring substituents is 1. The van der Waals surface area contributed by atoms with E-state index in [2.05, 4.69) is 0 Å². The van der Waals surface area contributed by atoms with Crippen LogP contribution in [0.4, 0.5) is 5.69 Å². The fourth-order valence-electron chi connectivity index (χ4n) is 2.91. The van der Waals surface area contributed by atoms with Crippen molar-refractivity contribution in [2.45, 2.75) is 24.8 Å². The number of carbonyl (C=O) groups excluding carboxylic acids is 2. The summed E-state index contributed by atoms with van der Waals surface area (Å²) in [5.41, 5.74) is 4.66. The second-order valence-corrected chi connectivity index (χ2v) is 9.13. The monoisotopic (exact) mass is 443 g/mol. The van der Waals surface area contributed by atoms with E-state index in [0.29, 0.717) is 0 Å². The summed E-state index contributed by atoms with van der Waals surface area (Å²) in [5.74, 6) is -1.24. The maximum Gasteiger partial charge on any atom is 0.355 e. The Morgan fingerprint density at radius 1 is 1.41 bits per heavy atom. The number of fused-ring (bicyclic) bond motifs is 1. The van der Waals surface area contributed by atoms with Crippen molar-refractivity contribution in [1.82, 2.24) is 4.90 Å². The van der Waals surface area contributed by atoms with E-state index in [1.54, 1.807) is 0 Å². The zero-order chi connectivity index (χ0) is 21.6. The molecule has 2 heterocycles. The molecule has 1 saturated heterocycles. The molecule has 0 radical (unpaired) electrons. The predicted molar refractivity (Wildman–Crippen MR) is 102 cm³/mol. The molecule has 29 heavy (non-hydrogen) atoms. The summed E-state index contributed by atoms with van der Waals surface area (Å²) < 4.78 is 36.0. The van der Waals surface area contributed by atoms with Crippen LogP contribution >= 0.6 is 11.8 Å². The van der Waals surface area contributed by atoms with Crippen molar-refractivity contribution in [3.05, 3.63) is 45.0 Å². The molecule has 1 amide bonds. The molecule has 11 nitrogen and oxygen atoms in total. The molecule has 0 bridgehead atoms. The van der Waals surface area contributed by atoms with E-state index in [-0.39, 0.29) is 29.4 Å². The second-order valence-electron chi connectivity index (χ2n) is 6.60. The minimum atomic E-state index is -4.53. The van der Waals surface area contributed by atoms with Gasteiger partial charge in [0.05, 0.1) is 4.92 Å². The van der Waals surface area contributed by atoms with E-state index in [4.69, 9.17) is 14.7 Å².